The minimum Gasteiger partial charge on any atom is -0.469 e. The Morgan fingerprint density at radius 1 is 1.33 bits per heavy atom. The first-order valence-electron chi connectivity index (χ1n) is 5.47. The molecule has 7 nitrogen and oxygen atoms in total. The summed E-state index contributed by atoms with van der Waals surface area (Å²) >= 11 is 0. The molecule has 108 valence electrons. The van der Waals surface area contributed by atoms with Crippen molar-refractivity contribution in [1.29, 1.82) is 0 Å². The van der Waals surface area contributed by atoms with Crippen LogP contribution in [0.5, 0.6) is 0 Å². The molecule has 0 aromatic rings. The van der Waals surface area contributed by atoms with Crippen LogP contribution in [0.3, 0.4) is 0 Å². The highest BCUT2D eigenvalue weighted by Crippen LogP contribution is 2.18. The fourth-order valence-corrected chi connectivity index (χ4v) is 2.51. The molecule has 0 saturated heterocycles. The van der Waals surface area contributed by atoms with Crippen molar-refractivity contribution in [1.82, 2.24) is 8.61 Å². The van der Waals surface area contributed by atoms with Gasteiger partial charge < -0.3 is 9.84 Å². The molecule has 0 fully saturated rings. The van der Waals surface area contributed by atoms with E-state index in [-0.39, 0.29) is 19.6 Å². The van der Waals surface area contributed by atoms with E-state index >= 15 is 0 Å². The van der Waals surface area contributed by atoms with Gasteiger partial charge in [-0.25, -0.2) is 0 Å². The molecular formula is C10H22N2O5S. The smallest absolute Gasteiger partial charge is 0.306 e. The lowest BCUT2D eigenvalue weighted by atomic mass is 10.1. The van der Waals surface area contributed by atoms with Gasteiger partial charge in [-0.05, 0) is 13.8 Å². The second-order valence-corrected chi connectivity index (χ2v) is 6.66. The summed E-state index contributed by atoms with van der Waals surface area (Å²) < 4.78 is 30.8. The van der Waals surface area contributed by atoms with Crippen LogP contribution in [0.15, 0.2) is 0 Å². The van der Waals surface area contributed by atoms with Gasteiger partial charge in [0.1, 0.15) is 0 Å². The molecule has 0 spiro atoms. The summed E-state index contributed by atoms with van der Waals surface area (Å²) in [6.07, 6.45) is -0.0143. The number of carbonyl (C=O) groups is 1. The average Bonchev–Trinajstić information content (AvgIpc) is 2.33. The number of rotatable bonds is 7. The number of nitrogens with zero attached hydrogens (tertiary/aromatic N) is 2. The summed E-state index contributed by atoms with van der Waals surface area (Å²) in [7, 11) is 0.300. The number of hydrogen-bond acceptors (Lipinski definition) is 5. The summed E-state index contributed by atoms with van der Waals surface area (Å²) in [6, 6.07) is 0. The highest BCUT2D eigenvalue weighted by molar-refractivity contribution is 7.86. The lowest BCUT2D eigenvalue weighted by Crippen LogP contribution is -2.52. The number of carbonyl (C=O) groups excluding carboxylic acids is 1. The SMILES string of the molecule is COC(=O)CCN(C)S(=O)(=O)N(C)C(C)(C)CO. The second kappa shape index (κ2) is 6.46. The maximum absolute atomic E-state index is 12.1. The Hall–Kier alpha value is -0.700. The molecule has 18 heavy (non-hydrogen) atoms. The Labute approximate surface area is 109 Å². The van der Waals surface area contributed by atoms with Crippen molar-refractivity contribution in [3.63, 3.8) is 0 Å². The summed E-state index contributed by atoms with van der Waals surface area (Å²) in [5.74, 6) is -0.471. The van der Waals surface area contributed by atoms with Crippen molar-refractivity contribution in [3.05, 3.63) is 0 Å². The van der Waals surface area contributed by atoms with E-state index in [0.29, 0.717) is 0 Å². The van der Waals surface area contributed by atoms with Crippen LogP contribution in [0, 0.1) is 0 Å². The molecule has 0 aliphatic rings. The van der Waals surface area contributed by atoms with E-state index in [1.54, 1.807) is 13.8 Å². The largest absolute Gasteiger partial charge is 0.469 e. The zero-order chi connectivity index (χ0) is 14.6. The van der Waals surface area contributed by atoms with Crippen molar-refractivity contribution < 1.29 is 23.1 Å². The second-order valence-electron chi connectivity index (χ2n) is 4.59. The van der Waals surface area contributed by atoms with Crippen LogP contribution in [0.2, 0.25) is 0 Å². The Balaban J connectivity index is 4.77. The van der Waals surface area contributed by atoms with E-state index < -0.39 is 21.7 Å². The van der Waals surface area contributed by atoms with Crippen LogP contribution < -0.4 is 0 Å². The van der Waals surface area contributed by atoms with Gasteiger partial charge in [-0.15, -0.1) is 0 Å². The Morgan fingerprint density at radius 2 is 1.83 bits per heavy atom. The lowest BCUT2D eigenvalue weighted by Gasteiger charge is -2.35. The molecule has 1 N–H and O–H groups in total. The molecule has 0 aromatic carbocycles. The molecule has 0 aromatic heterocycles. The molecule has 0 aliphatic carbocycles. The standard InChI is InChI=1S/C10H22N2O5S/c1-10(2,8-13)12(4)18(15,16)11(3)7-6-9(14)17-5/h13H,6-8H2,1-5H3. The Bertz CT molecular complexity index is 380. The summed E-state index contributed by atoms with van der Waals surface area (Å²) in [5.41, 5.74) is -0.904. The Kier molecular flexibility index (Phi) is 6.21. The normalized spacial score (nSPS) is 13.1. The van der Waals surface area contributed by atoms with Crippen LogP contribution in [-0.2, 0) is 19.7 Å². The molecule has 8 heteroatoms. The van der Waals surface area contributed by atoms with Crippen molar-refractivity contribution in [2.24, 2.45) is 0 Å². The van der Waals surface area contributed by atoms with E-state index in [0.717, 1.165) is 8.61 Å². The summed E-state index contributed by atoms with van der Waals surface area (Å²) in [5, 5.41) is 9.17. The molecule has 0 aliphatic heterocycles. The van der Waals surface area contributed by atoms with Crippen molar-refractivity contribution in [3.8, 4) is 0 Å². The quantitative estimate of drug-likeness (QED) is 0.632. The predicted octanol–water partition coefficient (Wildman–Crippen LogP) is -0.571. The lowest BCUT2D eigenvalue weighted by molar-refractivity contribution is -0.140. The number of likely N-dealkylation sites (N-methyl/N-ethyl adjacent to an activating group) is 1. The maximum atomic E-state index is 12.1. The van der Waals surface area contributed by atoms with Gasteiger partial charge in [-0.3, -0.25) is 4.79 Å². The van der Waals surface area contributed by atoms with Crippen molar-refractivity contribution >= 4 is 16.2 Å². The van der Waals surface area contributed by atoms with Gasteiger partial charge in [0.2, 0.25) is 0 Å². The average molecular weight is 282 g/mol. The van der Waals surface area contributed by atoms with E-state index in [4.69, 9.17) is 5.11 Å². The van der Waals surface area contributed by atoms with Crippen LogP contribution in [0.1, 0.15) is 20.3 Å². The summed E-state index contributed by atoms with van der Waals surface area (Å²) in [6.45, 7) is 2.95. The highest BCUT2D eigenvalue weighted by Gasteiger charge is 2.35. The Morgan fingerprint density at radius 3 is 2.22 bits per heavy atom. The molecule has 0 atom stereocenters. The number of aliphatic hydroxyl groups is 1. The molecular weight excluding hydrogens is 260 g/mol. The molecule has 0 saturated carbocycles. The van der Waals surface area contributed by atoms with Crippen LogP contribution in [-0.4, -0.2) is 68.0 Å². The molecule has 0 rings (SSSR count). The third-order valence-corrected chi connectivity index (χ3v) is 4.99. The monoisotopic (exact) mass is 282 g/mol. The van der Waals surface area contributed by atoms with Gasteiger partial charge >= 0.3 is 5.97 Å². The zero-order valence-corrected chi connectivity index (χ0v) is 12.3. The minimum atomic E-state index is -3.71. The third-order valence-electron chi connectivity index (χ3n) is 2.84. The molecule has 0 amide bonds. The van der Waals surface area contributed by atoms with E-state index in [9.17, 15) is 13.2 Å². The van der Waals surface area contributed by atoms with Gasteiger partial charge in [0.25, 0.3) is 10.2 Å². The highest BCUT2D eigenvalue weighted by atomic mass is 32.2. The number of hydrogen-bond donors (Lipinski definition) is 1. The third kappa shape index (κ3) is 4.20. The molecule has 0 radical (unpaired) electrons. The van der Waals surface area contributed by atoms with E-state index in [2.05, 4.69) is 4.74 Å². The molecule has 0 unspecified atom stereocenters. The van der Waals surface area contributed by atoms with Crippen molar-refractivity contribution in [2.75, 3.05) is 34.4 Å². The van der Waals surface area contributed by atoms with Gasteiger partial charge in [-0.2, -0.15) is 17.0 Å². The number of ether oxygens (including phenoxy) is 1. The van der Waals surface area contributed by atoms with Crippen LogP contribution in [0.4, 0.5) is 0 Å². The first-order valence-corrected chi connectivity index (χ1v) is 6.87. The zero-order valence-electron chi connectivity index (χ0n) is 11.5. The first-order chi connectivity index (χ1) is 8.09. The number of esters is 1. The maximum Gasteiger partial charge on any atom is 0.306 e. The van der Waals surface area contributed by atoms with Gasteiger partial charge in [0.15, 0.2) is 0 Å². The van der Waals surface area contributed by atoms with E-state index in [1.807, 2.05) is 0 Å². The van der Waals surface area contributed by atoms with E-state index in [1.165, 1.54) is 21.2 Å². The number of aliphatic hydroxyl groups excluding tert-OH is 1. The van der Waals surface area contributed by atoms with Gasteiger partial charge in [0.05, 0.1) is 25.7 Å². The van der Waals surface area contributed by atoms with Gasteiger partial charge in [-0.1, -0.05) is 0 Å². The molecule has 0 heterocycles. The molecule has 0 bridgehead atoms. The van der Waals surface area contributed by atoms with Crippen molar-refractivity contribution in [2.45, 2.75) is 25.8 Å². The topological polar surface area (TPSA) is 87.2 Å². The van der Waals surface area contributed by atoms with Gasteiger partial charge in [0, 0.05) is 20.6 Å². The fraction of sp³-hybridized carbons (Fsp3) is 0.900. The fourth-order valence-electron chi connectivity index (χ4n) is 1.09. The predicted molar refractivity (Wildman–Crippen MR) is 67.1 cm³/mol. The minimum absolute atomic E-state index is 0.0143. The first kappa shape index (κ1) is 17.3. The summed E-state index contributed by atoms with van der Waals surface area (Å²) in [4.78, 5) is 11.0. The van der Waals surface area contributed by atoms with Crippen LogP contribution >= 0.6 is 0 Å². The number of methoxy groups -OCH3 is 1. The van der Waals surface area contributed by atoms with Crippen LogP contribution in [0.25, 0.3) is 0 Å².